The molecule has 0 aliphatic carbocycles. The molecule has 208 valence electrons. The van der Waals surface area contributed by atoms with Crippen LogP contribution in [-0.4, -0.2) is 49.7 Å². The monoisotopic (exact) mass is 536 g/mol. The van der Waals surface area contributed by atoms with Gasteiger partial charge in [0.05, 0.1) is 11.4 Å². The van der Waals surface area contributed by atoms with Crippen molar-refractivity contribution in [2.24, 2.45) is 10.2 Å². The second-order valence-corrected chi connectivity index (χ2v) is 9.45. The lowest BCUT2D eigenvalue weighted by atomic mass is 10.1. The standard InChI is InChI=1S/C29H36N4O6/c1-20(22-10-12-24-26(18-22)38-16-14-36-24)30-32-28(34)8-6-4-3-5-7-9-29(35)33-31-21(2)23-11-13-25-27(19-23)39-17-15-37-25/h10-13,18-19H,3-9,14-17H2,1-2H3,(H,32,34)(H,33,35). The van der Waals surface area contributed by atoms with Crippen LogP contribution in [0, 0.1) is 0 Å². The lowest BCUT2D eigenvalue weighted by Gasteiger charge is -2.18. The van der Waals surface area contributed by atoms with E-state index in [2.05, 4.69) is 21.1 Å². The van der Waals surface area contributed by atoms with Crippen LogP contribution in [0.5, 0.6) is 23.0 Å². The summed E-state index contributed by atoms with van der Waals surface area (Å²) in [5.41, 5.74) is 8.39. The molecule has 39 heavy (non-hydrogen) atoms. The molecule has 0 atom stereocenters. The first kappa shape index (κ1) is 27.9. The number of fused-ring (bicyclic) bond motifs is 2. The highest BCUT2D eigenvalue weighted by molar-refractivity contribution is 6.00. The van der Waals surface area contributed by atoms with Crippen LogP contribution < -0.4 is 29.8 Å². The number of rotatable bonds is 12. The van der Waals surface area contributed by atoms with Crippen molar-refractivity contribution in [1.82, 2.24) is 10.9 Å². The summed E-state index contributed by atoms with van der Waals surface area (Å²) in [4.78, 5) is 24.3. The highest BCUT2D eigenvalue weighted by atomic mass is 16.6. The number of benzene rings is 2. The molecule has 0 spiro atoms. The molecule has 0 saturated carbocycles. The number of carbonyl (C=O) groups is 2. The van der Waals surface area contributed by atoms with E-state index in [-0.39, 0.29) is 11.8 Å². The van der Waals surface area contributed by atoms with Crippen molar-refractivity contribution in [1.29, 1.82) is 0 Å². The van der Waals surface area contributed by atoms with Gasteiger partial charge in [0.15, 0.2) is 23.0 Å². The number of hydrazone groups is 2. The predicted molar refractivity (Wildman–Crippen MR) is 148 cm³/mol. The fourth-order valence-electron chi connectivity index (χ4n) is 4.17. The molecule has 2 aromatic carbocycles. The third-order valence-electron chi connectivity index (χ3n) is 6.42. The average Bonchev–Trinajstić information content (AvgIpc) is 2.97. The first-order valence-corrected chi connectivity index (χ1v) is 13.5. The van der Waals surface area contributed by atoms with Gasteiger partial charge in [-0.25, -0.2) is 10.9 Å². The molecule has 10 nitrogen and oxygen atoms in total. The molecule has 0 fully saturated rings. The molecule has 2 aliphatic heterocycles. The van der Waals surface area contributed by atoms with E-state index in [9.17, 15) is 9.59 Å². The van der Waals surface area contributed by atoms with Gasteiger partial charge in [0.25, 0.3) is 0 Å². The Morgan fingerprint density at radius 1 is 0.615 bits per heavy atom. The number of nitrogens with one attached hydrogen (secondary N) is 2. The lowest BCUT2D eigenvalue weighted by Crippen LogP contribution is -2.19. The van der Waals surface area contributed by atoms with E-state index in [1.807, 2.05) is 50.2 Å². The Hall–Kier alpha value is -4.08. The van der Waals surface area contributed by atoms with Crippen LogP contribution >= 0.6 is 0 Å². The van der Waals surface area contributed by atoms with E-state index in [1.54, 1.807) is 0 Å². The largest absolute Gasteiger partial charge is 0.486 e. The van der Waals surface area contributed by atoms with Crippen LogP contribution in [0.3, 0.4) is 0 Å². The van der Waals surface area contributed by atoms with E-state index in [1.165, 1.54) is 0 Å². The van der Waals surface area contributed by atoms with Crippen molar-refractivity contribution < 1.29 is 28.5 Å². The molecule has 0 saturated heterocycles. The molecular formula is C29H36N4O6. The van der Waals surface area contributed by atoms with Crippen molar-refractivity contribution in [3.8, 4) is 23.0 Å². The van der Waals surface area contributed by atoms with E-state index in [4.69, 9.17) is 18.9 Å². The Bertz CT molecular complexity index is 1130. The summed E-state index contributed by atoms with van der Waals surface area (Å²) in [5.74, 6) is 2.60. The van der Waals surface area contributed by atoms with Crippen LogP contribution in [0.15, 0.2) is 46.6 Å². The normalized spacial score (nSPS) is 14.5. The van der Waals surface area contributed by atoms with Gasteiger partial charge in [-0.1, -0.05) is 19.3 Å². The van der Waals surface area contributed by atoms with Gasteiger partial charge < -0.3 is 18.9 Å². The molecule has 2 heterocycles. The molecule has 2 N–H and O–H groups in total. The molecule has 2 amide bonds. The maximum atomic E-state index is 12.1. The van der Waals surface area contributed by atoms with E-state index in [0.29, 0.717) is 62.2 Å². The zero-order chi connectivity index (χ0) is 27.5. The summed E-state index contributed by atoms with van der Waals surface area (Å²) in [6, 6.07) is 11.2. The van der Waals surface area contributed by atoms with Gasteiger partial charge in [-0.15, -0.1) is 0 Å². The van der Waals surface area contributed by atoms with Gasteiger partial charge in [0, 0.05) is 24.0 Å². The smallest absolute Gasteiger partial charge is 0.240 e. The minimum atomic E-state index is -0.113. The number of hydrogen-bond acceptors (Lipinski definition) is 8. The molecule has 2 aliphatic rings. The van der Waals surface area contributed by atoms with Crippen molar-refractivity contribution in [2.75, 3.05) is 26.4 Å². The first-order valence-electron chi connectivity index (χ1n) is 13.5. The van der Waals surface area contributed by atoms with Gasteiger partial charge in [0.2, 0.25) is 11.8 Å². The fraction of sp³-hybridized carbons (Fsp3) is 0.448. The summed E-state index contributed by atoms with van der Waals surface area (Å²) in [7, 11) is 0. The molecule has 10 heteroatoms. The number of unbranched alkanes of at least 4 members (excludes halogenated alkanes) is 4. The van der Waals surface area contributed by atoms with Crippen LogP contribution in [0.4, 0.5) is 0 Å². The SMILES string of the molecule is CC(=NNC(=O)CCCCCCCC(=O)NN=C(C)c1ccc2c(c1)OCCO2)c1ccc2c(c1)OCCO2. The summed E-state index contributed by atoms with van der Waals surface area (Å²) in [6.07, 6.45) is 5.16. The van der Waals surface area contributed by atoms with Crippen LogP contribution in [0.25, 0.3) is 0 Å². The molecular weight excluding hydrogens is 500 g/mol. The van der Waals surface area contributed by atoms with E-state index >= 15 is 0 Å². The van der Waals surface area contributed by atoms with Gasteiger partial charge in [0.1, 0.15) is 26.4 Å². The van der Waals surface area contributed by atoms with Crippen molar-refractivity contribution in [3.63, 3.8) is 0 Å². The number of nitrogens with zero attached hydrogens (tertiary/aromatic N) is 2. The maximum Gasteiger partial charge on any atom is 0.240 e. The molecule has 0 radical (unpaired) electrons. The zero-order valence-electron chi connectivity index (χ0n) is 22.6. The lowest BCUT2D eigenvalue weighted by molar-refractivity contribution is -0.121. The summed E-state index contributed by atoms with van der Waals surface area (Å²) < 4.78 is 22.3. The Labute approximate surface area is 228 Å². The van der Waals surface area contributed by atoms with Gasteiger partial charge in [-0.2, -0.15) is 10.2 Å². The van der Waals surface area contributed by atoms with Gasteiger partial charge in [-0.05, 0) is 63.1 Å². The Morgan fingerprint density at radius 2 is 1.00 bits per heavy atom. The number of carbonyl (C=O) groups excluding carboxylic acids is 2. The highest BCUT2D eigenvalue weighted by Crippen LogP contribution is 2.31. The van der Waals surface area contributed by atoms with E-state index in [0.717, 1.165) is 54.7 Å². The predicted octanol–water partition coefficient (Wildman–Crippen LogP) is 4.34. The molecule has 0 aromatic heterocycles. The fourth-order valence-corrected chi connectivity index (χ4v) is 4.17. The average molecular weight is 537 g/mol. The zero-order valence-corrected chi connectivity index (χ0v) is 22.6. The Balaban J connectivity index is 1.06. The number of ether oxygens (including phenoxy) is 4. The van der Waals surface area contributed by atoms with Crippen molar-refractivity contribution in [2.45, 2.75) is 58.8 Å². The van der Waals surface area contributed by atoms with Crippen molar-refractivity contribution in [3.05, 3.63) is 47.5 Å². The van der Waals surface area contributed by atoms with Gasteiger partial charge >= 0.3 is 0 Å². The minimum absolute atomic E-state index is 0.113. The molecule has 0 bridgehead atoms. The molecule has 2 aromatic rings. The maximum absolute atomic E-state index is 12.1. The Kier molecular flexibility index (Phi) is 10.2. The highest BCUT2D eigenvalue weighted by Gasteiger charge is 2.14. The third-order valence-corrected chi connectivity index (χ3v) is 6.42. The minimum Gasteiger partial charge on any atom is -0.486 e. The first-order chi connectivity index (χ1) is 19.0. The summed E-state index contributed by atoms with van der Waals surface area (Å²) in [6.45, 7) is 5.81. The van der Waals surface area contributed by atoms with Crippen LogP contribution in [0.2, 0.25) is 0 Å². The van der Waals surface area contributed by atoms with E-state index < -0.39 is 0 Å². The quantitative estimate of drug-likeness (QED) is 0.237. The van der Waals surface area contributed by atoms with Crippen molar-refractivity contribution >= 4 is 23.2 Å². The second kappa shape index (κ2) is 14.2. The number of hydrogen-bond donors (Lipinski definition) is 2. The summed E-state index contributed by atoms with van der Waals surface area (Å²) in [5, 5.41) is 8.43. The van der Waals surface area contributed by atoms with Crippen LogP contribution in [0.1, 0.15) is 69.9 Å². The van der Waals surface area contributed by atoms with Gasteiger partial charge in [-0.3, -0.25) is 9.59 Å². The second-order valence-electron chi connectivity index (χ2n) is 9.45. The third kappa shape index (κ3) is 8.46. The Morgan fingerprint density at radius 3 is 1.44 bits per heavy atom. The summed E-state index contributed by atoms with van der Waals surface area (Å²) >= 11 is 0. The molecule has 0 unspecified atom stereocenters. The molecule has 4 rings (SSSR count). The topological polar surface area (TPSA) is 120 Å². The number of amides is 2. The van der Waals surface area contributed by atoms with Crippen LogP contribution in [-0.2, 0) is 9.59 Å².